The van der Waals surface area contributed by atoms with Gasteiger partial charge < -0.3 is 15.4 Å². The smallest absolute Gasteiger partial charge is 0.249 e. The summed E-state index contributed by atoms with van der Waals surface area (Å²) in [5.74, 6) is 2.43. The van der Waals surface area contributed by atoms with Crippen LogP contribution in [0.4, 0.5) is 23.1 Å². The molecule has 7 heteroatoms. The van der Waals surface area contributed by atoms with Gasteiger partial charge in [0.1, 0.15) is 11.5 Å². The Morgan fingerprint density at radius 2 is 1.43 bits per heavy atom. The van der Waals surface area contributed by atoms with Gasteiger partial charge >= 0.3 is 0 Å². The minimum Gasteiger partial charge on any atom is -0.457 e. The number of para-hydroxylation sites is 1. The van der Waals surface area contributed by atoms with Crippen molar-refractivity contribution < 1.29 is 9.53 Å². The van der Waals surface area contributed by atoms with Gasteiger partial charge in [0.05, 0.1) is 6.20 Å². The van der Waals surface area contributed by atoms with Crippen molar-refractivity contribution in [3.05, 3.63) is 90.6 Å². The Morgan fingerprint density at radius 3 is 2.13 bits per heavy atom. The molecule has 4 aromatic rings. The summed E-state index contributed by atoms with van der Waals surface area (Å²) in [5.41, 5.74) is 2.25. The van der Waals surface area contributed by atoms with E-state index in [0.29, 0.717) is 17.3 Å². The van der Waals surface area contributed by atoms with Gasteiger partial charge in [-0.2, -0.15) is 10.1 Å². The molecule has 0 saturated heterocycles. The van der Waals surface area contributed by atoms with Crippen molar-refractivity contribution in [1.29, 1.82) is 0 Å². The number of ether oxygens (including phenoxy) is 1. The fourth-order valence-electron chi connectivity index (χ4n) is 2.71. The number of nitrogens with one attached hydrogen (secondary N) is 2. The molecule has 0 unspecified atom stereocenters. The van der Waals surface area contributed by atoms with Crippen LogP contribution < -0.4 is 15.4 Å². The van der Waals surface area contributed by atoms with E-state index in [1.807, 2.05) is 54.6 Å². The molecule has 0 spiro atoms. The van der Waals surface area contributed by atoms with Gasteiger partial charge in [-0.05, 0) is 67.6 Å². The first-order valence-corrected chi connectivity index (χ1v) is 9.33. The Labute approximate surface area is 173 Å². The Hall–Kier alpha value is -4.26. The molecule has 4 rings (SSSR count). The van der Waals surface area contributed by atoms with Crippen LogP contribution in [0.15, 0.2) is 85.1 Å². The summed E-state index contributed by atoms with van der Waals surface area (Å²) in [4.78, 5) is 15.8. The maximum atomic E-state index is 11.4. The van der Waals surface area contributed by atoms with E-state index in [-0.39, 0.29) is 5.78 Å². The van der Waals surface area contributed by atoms with Gasteiger partial charge in [-0.15, -0.1) is 5.10 Å². The molecule has 0 aliphatic rings. The molecule has 0 aliphatic carbocycles. The summed E-state index contributed by atoms with van der Waals surface area (Å²) >= 11 is 0. The highest BCUT2D eigenvalue weighted by Crippen LogP contribution is 2.24. The Balaban J connectivity index is 1.40. The molecular weight excluding hydrogens is 378 g/mol. The molecule has 0 aliphatic heterocycles. The van der Waals surface area contributed by atoms with Crippen LogP contribution in [-0.4, -0.2) is 21.0 Å². The molecule has 148 valence electrons. The summed E-state index contributed by atoms with van der Waals surface area (Å²) in [7, 11) is 0. The Bertz CT molecular complexity index is 1130. The molecule has 1 heterocycles. The number of carbonyl (C=O) groups excluding carboxylic acids is 1. The van der Waals surface area contributed by atoms with Crippen LogP contribution in [-0.2, 0) is 0 Å². The minimum absolute atomic E-state index is 0.0193. The van der Waals surface area contributed by atoms with Gasteiger partial charge in [-0.25, -0.2) is 0 Å². The average molecular weight is 397 g/mol. The predicted octanol–water partition coefficient (Wildman–Crippen LogP) is 5.35. The lowest BCUT2D eigenvalue weighted by molar-refractivity contribution is 0.101. The van der Waals surface area contributed by atoms with Crippen LogP contribution in [0.1, 0.15) is 17.3 Å². The topological polar surface area (TPSA) is 89.0 Å². The average Bonchev–Trinajstić information content (AvgIpc) is 2.77. The highest BCUT2D eigenvalue weighted by atomic mass is 16.5. The van der Waals surface area contributed by atoms with Gasteiger partial charge in [0.2, 0.25) is 5.95 Å². The number of rotatable bonds is 7. The number of nitrogens with zero attached hydrogens (tertiary/aromatic N) is 3. The number of Topliss-reactive ketones (excluding diaryl/α,β-unsaturated/α-hetero) is 1. The lowest BCUT2D eigenvalue weighted by Crippen LogP contribution is -2.02. The zero-order valence-corrected chi connectivity index (χ0v) is 16.2. The lowest BCUT2D eigenvalue weighted by Gasteiger charge is -2.09. The van der Waals surface area contributed by atoms with Crippen LogP contribution in [0.25, 0.3) is 0 Å². The fourth-order valence-corrected chi connectivity index (χ4v) is 2.71. The summed E-state index contributed by atoms with van der Waals surface area (Å²) in [5, 5.41) is 14.2. The van der Waals surface area contributed by atoms with Gasteiger partial charge in [0.25, 0.3) is 0 Å². The molecule has 0 bridgehead atoms. The van der Waals surface area contributed by atoms with Crippen molar-refractivity contribution in [1.82, 2.24) is 15.2 Å². The zero-order valence-electron chi connectivity index (χ0n) is 16.2. The van der Waals surface area contributed by atoms with E-state index in [2.05, 4.69) is 25.8 Å². The summed E-state index contributed by atoms with van der Waals surface area (Å²) in [6, 6.07) is 24.2. The normalized spacial score (nSPS) is 10.3. The standard InChI is InChI=1S/C23H19N5O2/c1-16(29)17-7-9-19(10-8-17)26-23-27-22(15-24-28-23)25-18-11-13-21(14-12-18)30-20-5-3-2-4-6-20/h2-15H,1H3,(H2,25,26,27,28). The summed E-state index contributed by atoms with van der Waals surface area (Å²) in [6.07, 6.45) is 1.54. The molecule has 0 amide bonds. The third-order valence-corrected chi connectivity index (χ3v) is 4.21. The molecule has 7 nitrogen and oxygen atoms in total. The zero-order chi connectivity index (χ0) is 20.8. The number of aromatic nitrogens is 3. The maximum absolute atomic E-state index is 11.4. The fraction of sp³-hybridized carbons (Fsp3) is 0.0435. The predicted molar refractivity (Wildman–Crippen MR) is 116 cm³/mol. The summed E-state index contributed by atoms with van der Waals surface area (Å²) in [6.45, 7) is 1.53. The monoisotopic (exact) mass is 397 g/mol. The Kier molecular flexibility index (Phi) is 5.61. The molecular formula is C23H19N5O2. The van der Waals surface area contributed by atoms with Gasteiger partial charge in [-0.3, -0.25) is 4.79 Å². The SMILES string of the molecule is CC(=O)c1ccc(Nc2nncc(Nc3ccc(Oc4ccccc4)cc3)n2)cc1. The van der Waals surface area contributed by atoms with E-state index >= 15 is 0 Å². The van der Waals surface area contributed by atoms with E-state index in [4.69, 9.17) is 4.74 Å². The highest BCUT2D eigenvalue weighted by molar-refractivity contribution is 5.94. The number of anilines is 4. The number of hydrogen-bond donors (Lipinski definition) is 2. The third kappa shape index (κ3) is 4.96. The van der Waals surface area contributed by atoms with Crippen molar-refractivity contribution in [3.63, 3.8) is 0 Å². The second-order valence-corrected chi connectivity index (χ2v) is 6.49. The minimum atomic E-state index is 0.0193. The van der Waals surface area contributed by atoms with Crippen molar-refractivity contribution in [2.45, 2.75) is 6.92 Å². The van der Waals surface area contributed by atoms with Gasteiger partial charge in [0.15, 0.2) is 11.6 Å². The molecule has 0 fully saturated rings. The van der Waals surface area contributed by atoms with E-state index in [1.165, 1.54) is 6.92 Å². The number of hydrogen-bond acceptors (Lipinski definition) is 7. The molecule has 0 atom stereocenters. The van der Waals surface area contributed by atoms with Gasteiger partial charge in [0, 0.05) is 16.9 Å². The number of benzene rings is 3. The second kappa shape index (κ2) is 8.83. The largest absolute Gasteiger partial charge is 0.457 e. The van der Waals surface area contributed by atoms with E-state index < -0.39 is 0 Å². The molecule has 2 N–H and O–H groups in total. The van der Waals surface area contributed by atoms with Crippen LogP contribution in [0.2, 0.25) is 0 Å². The van der Waals surface area contributed by atoms with Crippen LogP contribution in [0, 0.1) is 0 Å². The maximum Gasteiger partial charge on any atom is 0.249 e. The van der Waals surface area contributed by atoms with Crippen LogP contribution >= 0.6 is 0 Å². The van der Waals surface area contributed by atoms with E-state index in [9.17, 15) is 4.79 Å². The van der Waals surface area contributed by atoms with Crippen molar-refractivity contribution in [2.24, 2.45) is 0 Å². The molecule has 1 aromatic heterocycles. The first-order chi connectivity index (χ1) is 14.7. The number of ketones is 1. The highest BCUT2D eigenvalue weighted by Gasteiger charge is 2.04. The quantitative estimate of drug-likeness (QED) is 0.406. The molecule has 30 heavy (non-hydrogen) atoms. The van der Waals surface area contributed by atoms with Gasteiger partial charge in [-0.1, -0.05) is 18.2 Å². The van der Waals surface area contributed by atoms with Crippen LogP contribution in [0.5, 0.6) is 11.5 Å². The Morgan fingerprint density at radius 1 is 0.800 bits per heavy atom. The van der Waals surface area contributed by atoms with Crippen LogP contribution in [0.3, 0.4) is 0 Å². The van der Waals surface area contributed by atoms with Crippen molar-refractivity contribution in [3.8, 4) is 11.5 Å². The van der Waals surface area contributed by atoms with E-state index in [0.717, 1.165) is 22.9 Å². The molecule has 3 aromatic carbocycles. The lowest BCUT2D eigenvalue weighted by atomic mass is 10.1. The second-order valence-electron chi connectivity index (χ2n) is 6.49. The van der Waals surface area contributed by atoms with Crippen molar-refractivity contribution in [2.75, 3.05) is 10.6 Å². The summed E-state index contributed by atoms with van der Waals surface area (Å²) < 4.78 is 5.80. The first kappa shape index (κ1) is 19.1. The van der Waals surface area contributed by atoms with E-state index in [1.54, 1.807) is 30.5 Å². The molecule has 0 saturated carbocycles. The number of carbonyl (C=O) groups is 1. The van der Waals surface area contributed by atoms with Crippen molar-refractivity contribution >= 4 is 28.9 Å². The molecule has 0 radical (unpaired) electrons. The first-order valence-electron chi connectivity index (χ1n) is 9.33. The third-order valence-electron chi connectivity index (χ3n) is 4.21.